The van der Waals surface area contributed by atoms with Gasteiger partial charge in [0.1, 0.15) is 12.2 Å². The largest absolute Gasteiger partial charge is 0.368 e. The maximum absolute atomic E-state index is 6.18. The Hall–Kier alpha value is -0.940. The molecule has 1 saturated carbocycles. The van der Waals surface area contributed by atoms with Gasteiger partial charge in [0.2, 0.25) is 0 Å². The van der Waals surface area contributed by atoms with E-state index in [0.29, 0.717) is 12.5 Å². The smallest absolute Gasteiger partial charge is 0.190 e. The van der Waals surface area contributed by atoms with E-state index < -0.39 is 5.79 Å². The third-order valence-electron chi connectivity index (χ3n) is 4.40. The summed E-state index contributed by atoms with van der Waals surface area (Å²) in [6.45, 7) is 4.44. The van der Waals surface area contributed by atoms with Gasteiger partial charge in [-0.3, -0.25) is 0 Å². The molecule has 0 aromatic heterocycles. The Balaban J connectivity index is 1.47. The van der Waals surface area contributed by atoms with E-state index in [2.05, 4.69) is 12.1 Å². The minimum absolute atomic E-state index is 0.0375. The molecule has 1 aromatic rings. The Morgan fingerprint density at radius 3 is 2.57 bits per heavy atom. The summed E-state index contributed by atoms with van der Waals surface area (Å²) in [4.78, 5) is 0. The van der Waals surface area contributed by atoms with Crippen molar-refractivity contribution >= 4 is 0 Å². The van der Waals surface area contributed by atoms with Gasteiger partial charge in [0.05, 0.1) is 12.7 Å². The van der Waals surface area contributed by atoms with Crippen molar-refractivity contribution in [3.05, 3.63) is 35.9 Å². The Morgan fingerprint density at radius 2 is 1.86 bits per heavy atom. The van der Waals surface area contributed by atoms with Crippen LogP contribution in [-0.2, 0) is 25.6 Å². The van der Waals surface area contributed by atoms with E-state index in [1.165, 1.54) is 18.4 Å². The van der Waals surface area contributed by atoms with Gasteiger partial charge in [-0.25, -0.2) is 0 Å². The predicted molar refractivity (Wildman–Crippen MR) is 76.4 cm³/mol. The summed E-state index contributed by atoms with van der Waals surface area (Å²) in [6.07, 6.45) is 2.11. The zero-order valence-corrected chi connectivity index (χ0v) is 12.5. The molecule has 2 aliphatic heterocycles. The third kappa shape index (κ3) is 2.73. The zero-order valence-electron chi connectivity index (χ0n) is 12.5. The van der Waals surface area contributed by atoms with Crippen LogP contribution in [0.1, 0.15) is 32.3 Å². The second-order valence-corrected chi connectivity index (χ2v) is 6.67. The summed E-state index contributed by atoms with van der Waals surface area (Å²) in [5.41, 5.74) is 1.17. The van der Waals surface area contributed by atoms with Crippen LogP contribution in [0.3, 0.4) is 0 Å². The van der Waals surface area contributed by atoms with E-state index in [9.17, 15) is 0 Å². The molecule has 1 aromatic carbocycles. The fourth-order valence-corrected chi connectivity index (χ4v) is 3.26. The lowest BCUT2D eigenvalue weighted by atomic mass is 10.1. The predicted octanol–water partition coefficient (Wildman–Crippen LogP) is 2.86. The molecule has 3 fully saturated rings. The highest BCUT2D eigenvalue weighted by atomic mass is 16.8. The summed E-state index contributed by atoms with van der Waals surface area (Å²) >= 11 is 0. The van der Waals surface area contributed by atoms with Crippen molar-refractivity contribution in [1.29, 1.82) is 0 Å². The second-order valence-electron chi connectivity index (χ2n) is 6.67. The highest BCUT2D eigenvalue weighted by molar-refractivity contribution is 5.13. The average Bonchev–Trinajstić information content (AvgIpc) is 3.18. The monoisotopic (exact) mass is 290 g/mol. The lowest BCUT2D eigenvalue weighted by Crippen LogP contribution is -2.37. The highest BCUT2D eigenvalue weighted by Crippen LogP contribution is 2.46. The molecule has 0 unspecified atom stereocenters. The van der Waals surface area contributed by atoms with Crippen LogP contribution < -0.4 is 0 Å². The van der Waals surface area contributed by atoms with Crippen molar-refractivity contribution < 1.29 is 18.9 Å². The van der Waals surface area contributed by atoms with Gasteiger partial charge in [0.25, 0.3) is 0 Å². The molecular formula is C17H22O4. The Bertz CT molecular complexity index is 497. The molecule has 114 valence electrons. The number of ether oxygens (including phenoxy) is 4. The van der Waals surface area contributed by atoms with Gasteiger partial charge >= 0.3 is 0 Å². The first-order chi connectivity index (χ1) is 10.1. The number of hydrogen-bond donors (Lipinski definition) is 0. The molecule has 0 amide bonds. The number of fused-ring (bicyclic) bond motifs is 1. The van der Waals surface area contributed by atoms with Crippen LogP contribution in [0.25, 0.3) is 0 Å². The molecule has 0 radical (unpaired) electrons. The standard InChI is InChI=1S/C17H22O4/c1-17(2)20-15-14(18-10-11-6-4-3-5-7-11)13(12-8-9-12)19-16(15)21-17/h3-7,12-16H,8-10H2,1-2H3/t13-,14-,15-,16+/m0/s1. The minimum Gasteiger partial charge on any atom is -0.368 e. The molecule has 2 heterocycles. The highest BCUT2D eigenvalue weighted by Gasteiger charge is 2.58. The first-order valence-corrected chi connectivity index (χ1v) is 7.79. The molecule has 21 heavy (non-hydrogen) atoms. The fraction of sp³-hybridized carbons (Fsp3) is 0.647. The van der Waals surface area contributed by atoms with Crippen molar-refractivity contribution in [2.24, 2.45) is 5.92 Å². The summed E-state index contributed by atoms with van der Waals surface area (Å²) in [7, 11) is 0. The van der Waals surface area contributed by atoms with Gasteiger partial charge in [-0.15, -0.1) is 0 Å². The molecule has 1 aliphatic carbocycles. The van der Waals surface area contributed by atoms with E-state index in [-0.39, 0.29) is 24.6 Å². The normalized spacial score (nSPS) is 37.6. The zero-order chi connectivity index (χ0) is 14.4. The van der Waals surface area contributed by atoms with Gasteiger partial charge in [-0.1, -0.05) is 30.3 Å². The van der Waals surface area contributed by atoms with Gasteiger partial charge in [0, 0.05) is 0 Å². The number of hydrogen-bond acceptors (Lipinski definition) is 4. The van der Waals surface area contributed by atoms with E-state index in [1.807, 2.05) is 32.0 Å². The molecule has 4 rings (SSSR count). The molecule has 2 saturated heterocycles. The summed E-state index contributed by atoms with van der Waals surface area (Å²) in [6, 6.07) is 10.2. The average molecular weight is 290 g/mol. The SMILES string of the molecule is CC1(C)O[C@H]2O[C@@H](C3CC3)[C@H](OCc3ccccc3)[C@@H]2O1. The Labute approximate surface area is 125 Å². The Morgan fingerprint density at radius 1 is 1.10 bits per heavy atom. The number of rotatable bonds is 4. The van der Waals surface area contributed by atoms with Crippen molar-refractivity contribution in [2.45, 2.75) is 63.7 Å². The van der Waals surface area contributed by atoms with Crippen LogP contribution in [0.5, 0.6) is 0 Å². The molecule has 0 bridgehead atoms. The van der Waals surface area contributed by atoms with Crippen LogP contribution in [0.4, 0.5) is 0 Å². The van der Waals surface area contributed by atoms with Crippen LogP contribution in [0, 0.1) is 5.92 Å². The second kappa shape index (κ2) is 5.06. The Kier molecular flexibility index (Phi) is 3.30. The van der Waals surface area contributed by atoms with Crippen molar-refractivity contribution in [2.75, 3.05) is 0 Å². The maximum atomic E-state index is 6.18. The lowest BCUT2D eigenvalue weighted by Gasteiger charge is -2.26. The molecule has 4 heteroatoms. The number of benzene rings is 1. The fourth-order valence-electron chi connectivity index (χ4n) is 3.26. The van der Waals surface area contributed by atoms with E-state index in [4.69, 9.17) is 18.9 Å². The summed E-state index contributed by atoms with van der Waals surface area (Å²) in [5, 5.41) is 0. The van der Waals surface area contributed by atoms with Gasteiger partial charge < -0.3 is 18.9 Å². The van der Waals surface area contributed by atoms with Crippen LogP contribution in [0.15, 0.2) is 30.3 Å². The van der Waals surface area contributed by atoms with Gasteiger partial charge in [0.15, 0.2) is 12.1 Å². The van der Waals surface area contributed by atoms with Gasteiger partial charge in [-0.05, 0) is 38.2 Å². The summed E-state index contributed by atoms with van der Waals surface area (Å²) < 4.78 is 24.1. The topological polar surface area (TPSA) is 36.9 Å². The molecular weight excluding hydrogens is 268 g/mol. The molecule has 4 nitrogen and oxygen atoms in total. The molecule has 3 aliphatic rings. The van der Waals surface area contributed by atoms with Crippen molar-refractivity contribution in [1.82, 2.24) is 0 Å². The quantitative estimate of drug-likeness (QED) is 0.854. The first-order valence-electron chi connectivity index (χ1n) is 7.79. The van der Waals surface area contributed by atoms with Gasteiger partial charge in [-0.2, -0.15) is 0 Å². The first kappa shape index (κ1) is 13.7. The molecule has 4 atom stereocenters. The lowest BCUT2D eigenvalue weighted by molar-refractivity contribution is -0.221. The van der Waals surface area contributed by atoms with Crippen LogP contribution in [-0.4, -0.2) is 30.4 Å². The van der Waals surface area contributed by atoms with E-state index in [1.54, 1.807) is 0 Å². The van der Waals surface area contributed by atoms with Crippen molar-refractivity contribution in [3.8, 4) is 0 Å². The van der Waals surface area contributed by atoms with Crippen LogP contribution in [0.2, 0.25) is 0 Å². The molecule has 0 N–H and O–H groups in total. The van der Waals surface area contributed by atoms with E-state index in [0.717, 1.165) is 0 Å². The van der Waals surface area contributed by atoms with Crippen molar-refractivity contribution in [3.63, 3.8) is 0 Å². The minimum atomic E-state index is -0.585. The van der Waals surface area contributed by atoms with Crippen LogP contribution >= 0.6 is 0 Å². The third-order valence-corrected chi connectivity index (χ3v) is 4.40. The summed E-state index contributed by atoms with van der Waals surface area (Å²) in [5.74, 6) is 0.0183. The molecule has 0 spiro atoms. The van der Waals surface area contributed by atoms with E-state index >= 15 is 0 Å². The maximum Gasteiger partial charge on any atom is 0.190 e.